The SMILES string of the molecule is CNCc1c(CC(=O)O)c2cc(OC)c(Br)cc2n1C.Cl. The zero-order valence-corrected chi connectivity index (χ0v) is 14.5. The average Bonchev–Trinajstić information content (AvgIpc) is 2.63. The number of nitrogens with zero attached hydrogens (tertiary/aromatic N) is 1. The molecular formula is C14H18BrClN2O3. The number of hydrogen-bond donors (Lipinski definition) is 2. The zero-order chi connectivity index (χ0) is 14.9. The molecule has 1 heterocycles. The predicted molar refractivity (Wildman–Crippen MR) is 88.5 cm³/mol. The molecule has 0 fully saturated rings. The summed E-state index contributed by atoms with van der Waals surface area (Å²) >= 11 is 3.47. The van der Waals surface area contributed by atoms with Crippen molar-refractivity contribution >= 4 is 45.2 Å². The van der Waals surface area contributed by atoms with Crippen LogP contribution in [0.4, 0.5) is 0 Å². The summed E-state index contributed by atoms with van der Waals surface area (Å²) in [6, 6.07) is 3.84. The summed E-state index contributed by atoms with van der Waals surface area (Å²) in [7, 11) is 5.39. The van der Waals surface area contributed by atoms with Crippen molar-refractivity contribution in [1.82, 2.24) is 9.88 Å². The smallest absolute Gasteiger partial charge is 0.307 e. The molecule has 0 aliphatic heterocycles. The first-order chi connectivity index (χ1) is 9.49. The van der Waals surface area contributed by atoms with E-state index in [9.17, 15) is 4.79 Å². The fourth-order valence-electron chi connectivity index (χ4n) is 2.46. The van der Waals surface area contributed by atoms with Gasteiger partial charge in [0.1, 0.15) is 5.75 Å². The van der Waals surface area contributed by atoms with Crippen LogP contribution in [-0.4, -0.2) is 29.8 Å². The molecule has 1 aromatic heterocycles. The highest BCUT2D eigenvalue weighted by molar-refractivity contribution is 9.10. The lowest BCUT2D eigenvalue weighted by atomic mass is 10.1. The molecule has 0 spiro atoms. The van der Waals surface area contributed by atoms with Crippen LogP contribution in [0.5, 0.6) is 5.75 Å². The normalized spacial score (nSPS) is 10.5. The van der Waals surface area contributed by atoms with Gasteiger partial charge in [-0.1, -0.05) is 0 Å². The van der Waals surface area contributed by atoms with E-state index in [1.807, 2.05) is 30.8 Å². The fraction of sp³-hybridized carbons (Fsp3) is 0.357. The molecule has 2 rings (SSSR count). The lowest BCUT2D eigenvalue weighted by molar-refractivity contribution is -0.136. The van der Waals surface area contributed by atoms with Crippen LogP contribution in [0.2, 0.25) is 0 Å². The monoisotopic (exact) mass is 376 g/mol. The number of nitrogens with one attached hydrogen (secondary N) is 1. The second-order valence-corrected chi connectivity index (χ2v) is 5.44. The van der Waals surface area contributed by atoms with Crippen LogP contribution in [0.3, 0.4) is 0 Å². The van der Waals surface area contributed by atoms with Gasteiger partial charge in [0, 0.05) is 30.2 Å². The number of fused-ring (bicyclic) bond motifs is 1. The third-order valence-electron chi connectivity index (χ3n) is 3.38. The maximum atomic E-state index is 11.1. The van der Waals surface area contributed by atoms with E-state index in [4.69, 9.17) is 9.84 Å². The van der Waals surface area contributed by atoms with E-state index in [-0.39, 0.29) is 18.8 Å². The maximum Gasteiger partial charge on any atom is 0.307 e. The first-order valence-electron chi connectivity index (χ1n) is 6.19. The number of carboxylic acid groups (broad SMARTS) is 1. The number of carbonyl (C=O) groups is 1. The summed E-state index contributed by atoms with van der Waals surface area (Å²) in [4.78, 5) is 11.1. The van der Waals surface area contributed by atoms with E-state index in [2.05, 4.69) is 21.2 Å². The Morgan fingerprint density at radius 3 is 2.67 bits per heavy atom. The Labute approximate surface area is 137 Å². The molecule has 0 atom stereocenters. The second kappa shape index (κ2) is 7.15. The standard InChI is InChI=1S/C14H17BrN2O3.ClH/c1-16-7-12-9(5-14(18)19)8-4-13(20-3)10(15)6-11(8)17(12)2;/h4,6,16H,5,7H2,1-3H3,(H,18,19);1H. The minimum atomic E-state index is -0.836. The number of ether oxygens (including phenoxy) is 1. The van der Waals surface area contributed by atoms with Gasteiger partial charge in [-0.25, -0.2) is 0 Å². The average molecular weight is 378 g/mol. The summed E-state index contributed by atoms with van der Waals surface area (Å²) < 4.78 is 8.18. The van der Waals surface area contributed by atoms with E-state index in [0.717, 1.165) is 26.6 Å². The van der Waals surface area contributed by atoms with Crippen molar-refractivity contribution in [2.45, 2.75) is 13.0 Å². The number of rotatable bonds is 5. The highest BCUT2D eigenvalue weighted by atomic mass is 79.9. The molecule has 0 aliphatic carbocycles. The van der Waals surface area contributed by atoms with Crippen molar-refractivity contribution in [2.24, 2.45) is 7.05 Å². The predicted octanol–water partition coefficient (Wildman–Crippen LogP) is 2.72. The molecule has 2 aromatic rings. The highest BCUT2D eigenvalue weighted by Gasteiger charge is 2.18. The number of aliphatic carboxylic acids is 1. The van der Waals surface area contributed by atoms with Crippen molar-refractivity contribution in [3.05, 3.63) is 27.9 Å². The van der Waals surface area contributed by atoms with Crippen LogP contribution >= 0.6 is 28.3 Å². The molecule has 0 radical (unpaired) electrons. The minimum absolute atomic E-state index is 0. The Morgan fingerprint density at radius 1 is 1.48 bits per heavy atom. The number of benzene rings is 1. The Morgan fingerprint density at radius 2 is 2.14 bits per heavy atom. The number of halogens is 2. The van der Waals surface area contributed by atoms with E-state index in [1.165, 1.54) is 0 Å². The van der Waals surface area contributed by atoms with Gasteiger partial charge in [-0.3, -0.25) is 4.79 Å². The van der Waals surface area contributed by atoms with Crippen LogP contribution in [-0.2, 0) is 24.8 Å². The third kappa shape index (κ3) is 3.33. The number of carboxylic acids is 1. The summed E-state index contributed by atoms with van der Waals surface area (Å²) in [5.41, 5.74) is 2.79. The molecule has 5 nitrogen and oxygen atoms in total. The van der Waals surface area contributed by atoms with Crippen molar-refractivity contribution in [3.8, 4) is 5.75 Å². The Balaban J connectivity index is 0.00000220. The second-order valence-electron chi connectivity index (χ2n) is 4.59. The minimum Gasteiger partial charge on any atom is -0.496 e. The first kappa shape index (κ1) is 17.8. The van der Waals surface area contributed by atoms with Gasteiger partial charge in [0.25, 0.3) is 0 Å². The van der Waals surface area contributed by atoms with Gasteiger partial charge in [-0.05, 0) is 40.7 Å². The largest absolute Gasteiger partial charge is 0.496 e. The van der Waals surface area contributed by atoms with E-state index in [0.29, 0.717) is 12.3 Å². The molecule has 2 N–H and O–H groups in total. The number of aromatic nitrogens is 1. The van der Waals surface area contributed by atoms with Crippen molar-refractivity contribution < 1.29 is 14.6 Å². The number of aryl methyl sites for hydroxylation is 1. The Kier molecular flexibility index (Phi) is 6.07. The van der Waals surface area contributed by atoms with Crippen LogP contribution in [0.25, 0.3) is 10.9 Å². The van der Waals surface area contributed by atoms with Crippen molar-refractivity contribution in [1.29, 1.82) is 0 Å². The first-order valence-corrected chi connectivity index (χ1v) is 6.99. The molecule has 1 aromatic carbocycles. The quantitative estimate of drug-likeness (QED) is 0.841. The molecule has 116 valence electrons. The molecule has 0 saturated carbocycles. The topological polar surface area (TPSA) is 63.5 Å². The summed E-state index contributed by atoms with van der Waals surface area (Å²) in [5, 5.41) is 13.1. The summed E-state index contributed by atoms with van der Waals surface area (Å²) in [6.45, 7) is 0.619. The Hall–Kier alpha value is -1.24. The summed E-state index contributed by atoms with van der Waals surface area (Å²) in [5.74, 6) is -0.137. The van der Waals surface area contributed by atoms with E-state index in [1.54, 1.807) is 7.11 Å². The van der Waals surface area contributed by atoms with Gasteiger partial charge in [0.2, 0.25) is 0 Å². The molecule has 0 bridgehead atoms. The van der Waals surface area contributed by atoms with Crippen LogP contribution < -0.4 is 10.1 Å². The Bertz CT molecular complexity index is 670. The zero-order valence-electron chi connectivity index (χ0n) is 12.1. The van der Waals surface area contributed by atoms with E-state index < -0.39 is 5.97 Å². The molecule has 0 amide bonds. The number of hydrogen-bond acceptors (Lipinski definition) is 3. The molecule has 0 unspecified atom stereocenters. The molecular weight excluding hydrogens is 360 g/mol. The van der Waals surface area contributed by atoms with Gasteiger partial charge < -0.3 is 19.7 Å². The molecule has 0 saturated heterocycles. The highest BCUT2D eigenvalue weighted by Crippen LogP contribution is 2.34. The van der Waals surface area contributed by atoms with Crippen molar-refractivity contribution in [3.63, 3.8) is 0 Å². The van der Waals surface area contributed by atoms with Crippen LogP contribution in [0.15, 0.2) is 16.6 Å². The van der Waals surface area contributed by atoms with Crippen LogP contribution in [0, 0.1) is 0 Å². The van der Waals surface area contributed by atoms with Crippen molar-refractivity contribution in [2.75, 3.05) is 14.2 Å². The lowest BCUT2D eigenvalue weighted by Gasteiger charge is -2.05. The van der Waals surface area contributed by atoms with Gasteiger partial charge in [-0.15, -0.1) is 12.4 Å². The maximum absolute atomic E-state index is 11.1. The van der Waals surface area contributed by atoms with Gasteiger partial charge in [-0.2, -0.15) is 0 Å². The molecule has 0 aliphatic rings. The van der Waals surface area contributed by atoms with Gasteiger partial charge >= 0.3 is 5.97 Å². The number of methoxy groups -OCH3 is 1. The fourth-order valence-corrected chi connectivity index (χ4v) is 2.96. The summed E-state index contributed by atoms with van der Waals surface area (Å²) in [6.07, 6.45) is -0.000853. The lowest BCUT2D eigenvalue weighted by Crippen LogP contribution is -2.12. The van der Waals surface area contributed by atoms with Gasteiger partial charge in [0.05, 0.1) is 18.0 Å². The molecule has 7 heteroatoms. The van der Waals surface area contributed by atoms with E-state index >= 15 is 0 Å². The third-order valence-corrected chi connectivity index (χ3v) is 4.00. The van der Waals surface area contributed by atoms with Crippen LogP contribution in [0.1, 0.15) is 11.3 Å². The van der Waals surface area contributed by atoms with Gasteiger partial charge in [0.15, 0.2) is 0 Å². The molecule has 21 heavy (non-hydrogen) atoms.